The second-order valence-corrected chi connectivity index (χ2v) is 5.30. The minimum Gasteiger partial charge on any atom is -0.462 e. The maximum atomic E-state index is 11.5. The monoisotopic (exact) mass is 279 g/mol. The van der Waals surface area contributed by atoms with Gasteiger partial charge in [-0.3, -0.25) is 0 Å². The molecule has 0 aliphatic carbocycles. The number of ether oxygens (including phenoxy) is 1. The fourth-order valence-corrected chi connectivity index (χ4v) is 2.15. The Morgan fingerprint density at radius 3 is 2.30 bits per heavy atom. The highest BCUT2D eigenvalue weighted by atomic mass is 16.5. The minimum atomic E-state index is -0.499. The number of nitriles is 1. The molecule has 0 aromatic heterocycles. The first kappa shape index (κ1) is 18.7. The molecule has 0 aromatic rings. The number of esters is 1. The normalized spacial score (nSPS) is 12.8. The molecule has 0 aliphatic rings. The van der Waals surface area contributed by atoms with Gasteiger partial charge in [0, 0.05) is 0 Å². The molecule has 0 radical (unpaired) electrons. The van der Waals surface area contributed by atoms with Gasteiger partial charge >= 0.3 is 5.97 Å². The Bertz CT molecular complexity index is 328. The SMILES string of the molecule is CCCCCCCCCC(C)C=C(C#N)C(=O)OCC. The van der Waals surface area contributed by atoms with Gasteiger partial charge in [-0.1, -0.05) is 64.9 Å². The van der Waals surface area contributed by atoms with E-state index in [2.05, 4.69) is 6.92 Å². The smallest absolute Gasteiger partial charge is 0.348 e. The van der Waals surface area contributed by atoms with Crippen molar-refractivity contribution in [3.05, 3.63) is 11.6 Å². The van der Waals surface area contributed by atoms with Crippen LogP contribution in [0.2, 0.25) is 0 Å². The summed E-state index contributed by atoms with van der Waals surface area (Å²) in [5, 5.41) is 8.94. The summed E-state index contributed by atoms with van der Waals surface area (Å²) >= 11 is 0. The first-order valence-electron chi connectivity index (χ1n) is 7.94. The van der Waals surface area contributed by atoms with E-state index >= 15 is 0 Å². The van der Waals surface area contributed by atoms with Gasteiger partial charge < -0.3 is 4.74 Å². The summed E-state index contributed by atoms with van der Waals surface area (Å²) in [5.74, 6) is -0.244. The summed E-state index contributed by atoms with van der Waals surface area (Å²) in [5.41, 5.74) is 0.141. The van der Waals surface area contributed by atoms with Crippen LogP contribution < -0.4 is 0 Å². The van der Waals surface area contributed by atoms with Crippen LogP contribution in [-0.2, 0) is 9.53 Å². The van der Waals surface area contributed by atoms with E-state index < -0.39 is 5.97 Å². The maximum Gasteiger partial charge on any atom is 0.348 e. The number of unbranched alkanes of at least 4 members (excludes halogenated alkanes) is 6. The lowest BCUT2D eigenvalue weighted by molar-refractivity contribution is -0.138. The lowest BCUT2D eigenvalue weighted by Crippen LogP contribution is -2.07. The Morgan fingerprint density at radius 1 is 1.15 bits per heavy atom. The van der Waals surface area contributed by atoms with E-state index in [1.54, 1.807) is 13.0 Å². The predicted molar refractivity (Wildman–Crippen MR) is 82.1 cm³/mol. The average molecular weight is 279 g/mol. The molecule has 3 heteroatoms. The zero-order chi connectivity index (χ0) is 15.2. The third-order valence-electron chi connectivity index (χ3n) is 3.33. The van der Waals surface area contributed by atoms with Crippen molar-refractivity contribution in [3.63, 3.8) is 0 Å². The first-order valence-corrected chi connectivity index (χ1v) is 7.94. The summed E-state index contributed by atoms with van der Waals surface area (Å²) in [6.45, 7) is 6.33. The van der Waals surface area contributed by atoms with Crippen molar-refractivity contribution in [2.24, 2.45) is 5.92 Å². The molecule has 3 nitrogen and oxygen atoms in total. The molecule has 0 spiro atoms. The van der Waals surface area contributed by atoms with E-state index in [0.717, 1.165) is 12.8 Å². The van der Waals surface area contributed by atoms with Crippen LogP contribution in [-0.4, -0.2) is 12.6 Å². The number of carbonyl (C=O) groups is 1. The highest BCUT2D eigenvalue weighted by Gasteiger charge is 2.11. The van der Waals surface area contributed by atoms with Gasteiger partial charge in [0.25, 0.3) is 0 Å². The van der Waals surface area contributed by atoms with E-state index in [4.69, 9.17) is 10.00 Å². The molecule has 20 heavy (non-hydrogen) atoms. The maximum absolute atomic E-state index is 11.5. The van der Waals surface area contributed by atoms with Crippen molar-refractivity contribution >= 4 is 5.97 Å². The minimum absolute atomic E-state index is 0.141. The number of carbonyl (C=O) groups excluding carboxylic acids is 1. The molecule has 0 saturated heterocycles. The van der Waals surface area contributed by atoms with Crippen LogP contribution in [0.5, 0.6) is 0 Å². The molecule has 0 bridgehead atoms. The molecule has 0 aliphatic heterocycles. The van der Waals surface area contributed by atoms with Crippen LogP contribution in [0, 0.1) is 17.2 Å². The molecule has 1 atom stereocenters. The Labute approximate surface area is 124 Å². The fraction of sp³-hybridized carbons (Fsp3) is 0.765. The Kier molecular flexibility index (Phi) is 11.9. The lowest BCUT2D eigenvalue weighted by Gasteiger charge is -2.07. The Balaban J connectivity index is 3.87. The van der Waals surface area contributed by atoms with Crippen LogP contribution in [0.15, 0.2) is 11.6 Å². The molecular formula is C17H29NO2. The van der Waals surface area contributed by atoms with Crippen molar-refractivity contribution < 1.29 is 9.53 Å². The van der Waals surface area contributed by atoms with Gasteiger partial charge in [-0.25, -0.2) is 4.79 Å². The molecule has 0 saturated carbocycles. The van der Waals surface area contributed by atoms with Gasteiger partial charge in [0.2, 0.25) is 0 Å². The molecule has 0 rings (SSSR count). The summed E-state index contributed by atoms with van der Waals surface area (Å²) in [6, 6.07) is 1.93. The van der Waals surface area contributed by atoms with Crippen LogP contribution in [0.3, 0.4) is 0 Å². The van der Waals surface area contributed by atoms with E-state index in [0.29, 0.717) is 6.61 Å². The van der Waals surface area contributed by atoms with Gasteiger partial charge in [-0.15, -0.1) is 0 Å². The number of allylic oxidation sites excluding steroid dienone is 1. The van der Waals surface area contributed by atoms with E-state index in [1.807, 2.05) is 13.0 Å². The van der Waals surface area contributed by atoms with Gasteiger partial charge in [0.15, 0.2) is 0 Å². The number of nitrogens with zero attached hydrogens (tertiary/aromatic N) is 1. The standard InChI is InChI=1S/C17H29NO2/c1-4-6-7-8-9-10-11-12-15(3)13-16(14-18)17(19)20-5-2/h13,15H,4-12H2,1-3H3. The van der Waals surface area contributed by atoms with Gasteiger partial charge in [0.05, 0.1) is 6.61 Å². The third kappa shape index (κ3) is 9.61. The van der Waals surface area contributed by atoms with E-state index in [9.17, 15) is 4.79 Å². The van der Waals surface area contributed by atoms with Crippen molar-refractivity contribution in [2.75, 3.05) is 6.61 Å². The number of hydrogen-bond donors (Lipinski definition) is 0. The molecule has 0 aromatic carbocycles. The summed E-state index contributed by atoms with van der Waals surface area (Å²) < 4.78 is 4.85. The van der Waals surface area contributed by atoms with Crippen LogP contribution in [0.25, 0.3) is 0 Å². The van der Waals surface area contributed by atoms with Crippen LogP contribution in [0.1, 0.15) is 72.1 Å². The van der Waals surface area contributed by atoms with E-state index in [-0.39, 0.29) is 11.5 Å². The van der Waals surface area contributed by atoms with Gasteiger partial charge in [-0.2, -0.15) is 5.26 Å². The largest absolute Gasteiger partial charge is 0.462 e. The molecule has 114 valence electrons. The first-order chi connectivity index (χ1) is 9.65. The zero-order valence-corrected chi connectivity index (χ0v) is 13.3. The molecule has 0 amide bonds. The number of rotatable bonds is 11. The topological polar surface area (TPSA) is 50.1 Å². The Hall–Kier alpha value is -1.30. The van der Waals surface area contributed by atoms with Crippen LogP contribution in [0.4, 0.5) is 0 Å². The third-order valence-corrected chi connectivity index (χ3v) is 3.33. The number of hydrogen-bond acceptors (Lipinski definition) is 3. The molecule has 0 fully saturated rings. The van der Waals surface area contributed by atoms with Crippen molar-refractivity contribution in [3.8, 4) is 6.07 Å². The van der Waals surface area contributed by atoms with Crippen molar-refractivity contribution in [1.82, 2.24) is 0 Å². The molecule has 0 N–H and O–H groups in total. The van der Waals surface area contributed by atoms with Crippen molar-refractivity contribution in [2.45, 2.75) is 72.1 Å². The highest BCUT2D eigenvalue weighted by Crippen LogP contribution is 2.15. The zero-order valence-electron chi connectivity index (χ0n) is 13.3. The van der Waals surface area contributed by atoms with E-state index in [1.165, 1.54) is 38.5 Å². The average Bonchev–Trinajstić information content (AvgIpc) is 2.44. The predicted octanol–water partition coefficient (Wildman–Crippen LogP) is 4.78. The fourth-order valence-electron chi connectivity index (χ4n) is 2.15. The summed E-state index contributed by atoms with van der Waals surface area (Å²) in [4.78, 5) is 11.5. The van der Waals surface area contributed by atoms with Gasteiger partial charge in [-0.05, 0) is 19.3 Å². The van der Waals surface area contributed by atoms with Gasteiger partial charge in [0.1, 0.15) is 11.6 Å². The quantitative estimate of drug-likeness (QED) is 0.237. The second kappa shape index (κ2) is 12.7. The lowest BCUT2D eigenvalue weighted by atomic mass is 9.99. The van der Waals surface area contributed by atoms with Crippen molar-refractivity contribution in [1.29, 1.82) is 5.26 Å². The van der Waals surface area contributed by atoms with Crippen LogP contribution >= 0.6 is 0 Å². The summed E-state index contributed by atoms with van der Waals surface area (Å²) in [7, 11) is 0. The Morgan fingerprint density at radius 2 is 1.75 bits per heavy atom. The second-order valence-electron chi connectivity index (χ2n) is 5.30. The molecule has 1 unspecified atom stereocenters. The summed E-state index contributed by atoms with van der Waals surface area (Å²) in [6.07, 6.45) is 11.7. The molecular weight excluding hydrogens is 250 g/mol. The molecule has 0 heterocycles. The highest BCUT2D eigenvalue weighted by molar-refractivity contribution is 5.92.